The molecule has 6 heteroatoms. The molecule has 1 aliphatic heterocycles. The van der Waals surface area contributed by atoms with Gasteiger partial charge in [-0.15, -0.1) is 0 Å². The van der Waals surface area contributed by atoms with Gasteiger partial charge >= 0.3 is 0 Å². The highest BCUT2D eigenvalue weighted by Crippen LogP contribution is 2.22. The Balaban J connectivity index is 1.75. The first-order valence-corrected chi connectivity index (χ1v) is 8.98. The van der Waals surface area contributed by atoms with Crippen LogP contribution in [0.2, 0.25) is 0 Å². The number of anilines is 1. The van der Waals surface area contributed by atoms with E-state index < -0.39 is 0 Å². The van der Waals surface area contributed by atoms with Crippen molar-refractivity contribution in [3.63, 3.8) is 0 Å². The van der Waals surface area contributed by atoms with Gasteiger partial charge in [0.05, 0.1) is 24.1 Å². The molecule has 130 valence electrons. The van der Waals surface area contributed by atoms with Crippen LogP contribution >= 0.6 is 0 Å². The van der Waals surface area contributed by atoms with Gasteiger partial charge in [0.25, 0.3) is 0 Å². The number of nitrogens with zero attached hydrogens (tertiary/aromatic N) is 4. The Morgan fingerprint density at radius 3 is 2.96 bits per heavy atom. The minimum absolute atomic E-state index is 0.0206. The van der Waals surface area contributed by atoms with E-state index in [1.165, 1.54) is 6.42 Å². The number of carbonyl (C=O) groups excluding carboxylic acids is 1. The van der Waals surface area contributed by atoms with E-state index in [2.05, 4.69) is 41.1 Å². The van der Waals surface area contributed by atoms with Crippen LogP contribution in [0.25, 0.3) is 11.0 Å². The maximum atomic E-state index is 12.7. The summed E-state index contributed by atoms with van der Waals surface area (Å²) in [7, 11) is 0. The molecule has 1 amide bonds. The lowest BCUT2D eigenvalue weighted by Gasteiger charge is -2.34. The van der Waals surface area contributed by atoms with Crippen molar-refractivity contribution in [1.82, 2.24) is 19.7 Å². The molecule has 0 bridgehead atoms. The fourth-order valence-electron chi connectivity index (χ4n) is 3.45. The van der Waals surface area contributed by atoms with Crippen LogP contribution in [0.5, 0.6) is 0 Å². The summed E-state index contributed by atoms with van der Waals surface area (Å²) >= 11 is 0. The standard InChI is InChI=1S/C18H27N5O/c1-4-8-22-9-6-5-7-16(22)18(24)21-15-10-14-11-20-23(13(2)3)17(14)19-12-15/h10-13,16H,4-9H2,1-3H3,(H,21,24)/t16-/m1/s1. The van der Waals surface area contributed by atoms with Crippen molar-refractivity contribution in [1.29, 1.82) is 0 Å². The number of rotatable bonds is 5. The van der Waals surface area contributed by atoms with E-state index in [1.807, 2.05) is 16.9 Å². The van der Waals surface area contributed by atoms with E-state index in [4.69, 9.17) is 0 Å². The number of likely N-dealkylation sites (tertiary alicyclic amines) is 1. The Morgan fingerprint density at radius 2 is 2.21 bits per heavy atom. The lowest BCUT2D eigenvalue weighted by molar-refractivity contribution is -0.122. The number of nitrogens with one attached hydrogen (secondary N) is 1. The number of carbonyl (C=O) groups is 1. The van der Waals surface area contributed by atoms with Crippen LogP contribution in [0.15, 0.2) is 18.5 Å². The number of amides is 1. The fourth-order valence-corrected chi connectivity index (χ4v) is 3.45. The third-order valence-electron chi connectivity index (χ3n) is 4.62. The van der Waals surface area contributed by atoms with E-state index >= 15 is 0 Å². The van der Waals surface area contributed by atoms with Gasteiger partial charge in [-0.05, 0) is 52.3 Å². The molecule has 0 saturated carbocycles. The summed E-state index contributed by atoms with van der Waals surface area (Å²) in [4.78, 5) is 19.5. The quantitative estimate of drug-likeness (QED) is 0.915. The molecule has 1 aliphatic rings. The van der Waals surface area contributed by atoms with Gasteiger partial charge in [0.1, 0.15) is 0 Å². The molecular formula is C18H27N5O. The average molecular weight is 329 g/mol. The van der Waals surface area contributed by atoms with Crippen molar-refractivity contribution in [3.05, 3.63) is 18.5 Å². The molecule has 0 spiro atoms. The second kappa shape index (κ2) is 7.30. The lowest BCUT2D eigenvalue weighted by Crippen LogP contribution is -2.47. The normalized spacial score (nSPS) is 19.1. The first-order valence-electron chi connectivity index (χ1n) is 8.98. The molecular weight excluding hydrogens is 302 g/mol. The van der Waals surface area contributed by atoms with Crippen LogP contribution in [0, 0.1) is 0 Å². The molecule has 2 aromatic heterocycles. The van der Waals surface area contributed by atoms with Crippen molar-refractivity contribution >= 4 is 22.6 Å². The van der Waals surface area contributed by atoms with Gasteiger partial charge in [0.2, 0.25) is 5.91 Å². The van der Waals surface area contributed by atoms with Crippen LogP contribution in [0.4, 0.5) is 5.69 Å². The summed E-state index contributed by atoms with van der Waals surface area (Å²) < 4.78 is 1.89. The second-order valence-corrected chi connectivity index (χ2v) is 6.86. The number of fused-ring (bicyclic) bond motifs is 1. The molecule has 0 aromatic carbocycles. The minimum Gasteiger partial charge on any atom is -0.323 e. The molecule has 1 N–H and O–H groups in total. The summed E-state index contributed by atoms with van der Waals surface area (Å²) in [6.45, 7) is 8.32. The number of piperidine rings is 1. The van der Waals surface area contributed by atoms with Crippen molar-refractivity contribution in [2.24, 2.45) is 0 Å². The van der Waals surface area contributed by atoms with Gasteiger partial charge in [-0.25, -0.2) is 9.67 Å². The van der Waals surface area contributed by atoms with Crippen LogP contribution in [-0.2, 0) is 4.79 Å². The summed E-state index contributed by atoms with van der Waals surface area (Å²) in [5.74, 6) is 0.0838. The highest BCUT2D eigenvalue weighted by molar-refractivity contribution is 5.96. The molecule has 1 saturated heterocycles. The Kier molecular flexibility index (Phi) is 5.14. The monoisotopic (exact) mass is 329 g/mol. The zero-order chi connectivity index (χ0) is 17.1. The van der Waals surface area contributed by atoms with Crippen LogP contribution < -0.4 is 5.32 Å². The van der Waals surface area contributed by atoms with Gasteiger partial charge in [-0.3, -0.25) is 9.69 Å². The Bertz CT molecular complexity index is 706. The maximum absolute atomic E-state index is 12.7. The predicted molar refractivity (Wildman–Crippen MR) is 96.0 cm³/mol. The second-order valence-electron chi connectivity index (χ2n) is 6.86. The smallest absolute Gasteiger partial charge is 0.241 e. The van der Waals surface area contributed by atoms with E-state index in [9.17, 15) is 4.79 Å². The van der Waals surface area contributed by atoms with E-state index in [0.717, 1.165) is 49.1 Å². The zero-order valence-electron chi connectivity index (χ0n) is 14.8. The van der Waals surface area contributed by atoms with E-state index in [-0.39, 0.29) is 18.0 Å². The van der Waals surface area contributed by atoms with Crippen molar-refractivity contribution in [3.8, 4) is 0 Å². The molecule has 0 radical (unpaired) electrons. The molecule has 24 heavy (non-hydrogen) atoms. The highest BCUT2D eigenvalue weighted by Gasteiger charge is 2.28. The summed E-state index contributed by atoms with van der Waals surface area (Å²) in [5.41, 5.74) is 1.60. The summed E-state index contributed by atoms with van der Waals surface area (Å²) in [6.07, 6.45) is 7.86. The lowest BCUT2D eigenvalue weighted by atomic mass is 10.0. The molecule has 2 aromatic rings. The van der Waals surface area contributed by atoms with Gasteiger partial charge in [-0.2, -0.15) is 5.10 Å². The average Bonchev–Trinajstić information content (AvgIpc) is 2.99. The molecule has 6 nitrogen and oxygen atoms in total. The summed E-state index contributed by atoms with van der Waals surface area (Å²) in [5, 5.41) is 8.38. The number of aromatic nitrogens is 3. The topological polar surface area (TPSA) is 63.1 Å². The van der Waals surface area contributed by atoms with Crippen LogP contribution in [0.1, 0.15) is 52.5 Å². The Hall–Kier alpha value is -1.95. The molecule has 1 atom stereocenters. The third kappa shape index (κ3) is 3.43. The Morgan fingerprint density at radius 1 is 1.38 bits per heavy atom. The molecule has 0 aliphatic carbocycles. The number of hydrogen-bond acceptors (Lipinski definition) is 4. The summed E-state index contributed by atoms with van der Waals surface area (Å²) in [6, 6.07) is 2.20. The first-order chi connectivity index (χ1) is 11.6. The largest absolute Gasteiger partial charge is 0.323 e. The van der Waals surface area contributed by atoms with Crippen molar-refractivity contribution < 1.29 is 4.79 Å². The van der Waals surface area contributed by atoms with Crippen LogP contribution in [0.3, 0.4) is 0 Å². The van der Waals surface area contributed by atoms with Gasteiger partial charge in [-0.1, -0.05) is 13.3 Å². The molecule has 1 fully saturated rings. The van der Waals surface area contributed by atoms with Gasteiger partial charge < -0.3 is 5.32 Å². The first kappa shape index (κ1) is 16.9. The number of hydrogen-bond donors (Lipinski definition) is 1. The van der Waals surface area contributed by atoms with Crippen LogP contribution in [-0.4, -0.2) is 44.7 Å². The molecule has 3 rings (SSSR count). The predicted octanol–water partition coefficient (Wildman–Crippen LogP) is 3.22. The highest BCUT2D eigenvalue weighted by atomic mass is 16.2. The van der Waals surface area contributed by atoms with Gasteiger partial charge in [0.15, 0.2) is 5.65 Å². The maximum Gasteiger partial charge on any atom is 0.241 e. The number of pyridine rings is 1. The third-order valence-corrected chi connectivity index (χ3v) is 4.62. The van der Waals surface area contributed by atoms with E-state index in [1.54, 1.807) is 6.20 Å². The molecule has 3 heterocycles. The minimum atomic E-state index is -0.0206. The molecule has 0 unspecified atom stereocenters. The van der Waals surface area contributed by atoms with E-state index in [0.29, 0.717) is 0 Å². The van der Waals surface area contributed by atoms with Gasteiger partial charge in [0, 0.05) is 11.4 Å². The Labute approximate surface area is 143 Å². The zero-order valence-corrected chi connectivity index (χ0v) is 14.8. The van der Waals surface area contributed by atoms with Crippen molar-refractivity contribution in [2.45, 2.75) is 58.5 Å². The fraction of sp³-hybridized carbons (Fsp3) is 0.611. The SMILES string of the molecule is CCCN1CCCC[C@@H]1C(=O)Nc1cnc2c(cnn2C(C)C)c1. The van der Waals surface area contributed by atoms with Crippen molar-refractivity contribution in [2.75, 3.05) is 18.4 Å².